The molecular weight excluding hydrogens is 416 g/mol. The maximum atomic E-state index is 13.4. The molecule has 0 N–H and O–H groups in total. The van der Waals surface area contributed by atoms with E-state index in [4.69, 9.17) is 14.2 Å². The highest BCUT2D eigenvalue weighted by atomic mass is 32.2. The van der Waals surface area contributed by atoms with Crippen molar-refractivity contribution in [3.05, 3.63) is 59.7 Å². The summed E-state index contributed by atoms with van der Waals surface area (Å²) in [6, 6.07) is 14.7. The average Bonchev–Trinajstić information content (AvgIpc) is 2.79. The zero-order chi connectivity index (χ0) is 22.1. The van der Waals surface area contributed by atoms with Crippen molar-refractivity contribution in [1.82, 2.24) is 9.21 Å². The first-order valence-electron chi connectivity index (χ1n) is 10.5. The summed E-state index contributed by atoms with van der Waals surface area (Å²) in [6.07, 6.45) is 0.750. The van der Waals surface area contributed by atoms with E-state index in [9.17, 15) is 8.42 Å². The van der Waals surface area contributed by atoms with E-state index in [0.717, 1.165) is 50.4 Å². The lowest BCUT2D eigenvalue weighted by Crippen LogP contribution is -2.39. The van der Waals surface area contributed by atoms with Gasteiger partial charge in [0.25, 0.3) is 0 Å². The minimum atomic E-state index is -3.53. The highest BCUT2D eigenvalue weighted by molar-refractivity contribution is 7.88. The first-order valence-corrected chi connectivity index (χ1v) is 12.2. The summed E-state index contributed by atoms with van der Waals surface area (Å²) in [4.78, 5) is 2.32. The lowest BCUT2D eigenvalue weighted by Gasteiger charge is -2.28. The number of nitrogens with zero attached hydrogens (tertiary/aromatic N) is 2. The van der Waals surface area contributed by atoms with Gasteiger partial charge in [0.05, 0.1) is 33.2 Å². The van der Waals surface area contributed by atoms with E-state index in [0.29, 0.717) is 18.0 Å². The largest absolute Gasteiger partial charge is 0.497 e. The fourth-order valence-corrected chi connectivity index (χ4v) is 5.22. The van der Waals surface area contributed by atoms with Crippen LogP contribution in [0.1, 0.15) is 17.5 Å². The zero-order valence-electron chi connectivity index (χ0n) is 18.3. The van der Waals surface area contributed by atoms with Gasteiger partial charge in [-0.25, -0.2) is 8.42 Å². The Balaban J connectivity index is 1.77. The Labute approximate surface area is 185 Å². The summed E-state index contributed by atoms with van der Waals surface area (Å²) in [6.45, 7) is 4.76. The Hall–Kier alpha value is -2.13. The molecule has 1 saturated heterocycles. The molecule has 2 aromatic carbocycles. The number of hydrogen-bond acceptors (Lipinski definition) is 6. The van der Waals surface area contributed by atoms with Gasteiger partial charge in [-0.3, -0.25) is 4.90 Å². The third kappa shape index (κ3) is 6.93. The Bertz CT molecular complexity index is 915. The number of sulfonamides is 1. The minimum Gasteiger partial charge on any atom is -0.497 e. The predicted molar refractivity (Wildman–Crippen MR) is 121 cm³/mol. The number of rotatable bonds is 11. The molecule has 7 nitrogen and oxygen atoms in total. The second-order valence-corrected chi connectivity index (χ2v) is 9.53. The van der Waals surface area contributed by atoms with E-state index in [1.165, 1.54) is 0 Å². The number of benzene rings is 2. The molecule has 0 unspecified atom stereocenters. The summed E-state index contributed by atoms with van der Waals surface area (Å²) in [5.74, 6) is 1.29. The van der Waals surface area contributed by atoms with Gasteiger partial charge in [0, 0.05) is 31.7 Å². The Morgan fingerprint density at radius 3 is 2.45 bits per heavy atom. The predicted octanol–water partition coefficient (Wildman–Crippen LogP) is 2.76. The molecule has 0 aromatic heterocycles. The van der Waals surface area contributed by atoms with Crippen LogP contribution in [-0.2, 0) is 27.1 Å². The van der Waals surface area contributed by atoms with Gasteiger partial charge in [-0.1, -0.05) is 30.3 Å². The molecule has 0 radical (unpaired) electrons. The molecule has 2 aromatic rings. The molecule has 1 aliphatic heterocycles. The number of ether oxygens (including phenoxy) is 3. The molecule has 0 aliphatic carbocycles. The minimum absolute atomic E-state index is 0.0301. The molecule has 8 heteroatoms. The van der Waals surface area contributed by atoms with Crippen LogP contribution in [0, 0.1) is 0 Å². The first-order chi connectivity index (χ1) is 15.0. The normalized spacial score (nSPS) is 15.2. The van der Waals surface area contributed by atoms with Crippen molar-refractivity contribution in [2.75, 3.05) is 53.6 Å². The van der Waals surface area contributed by atoms with Gasteiger partial charge in [0.15, 0.2) is 0 Å². The van der Waals surface area contributed by atoms with Crippen molar-refractivity contribution in [3.63, 3.8) is 0 Å². The number of hydrogen-bond donors (Lipinski definition) is 0. The van der Waals surface area contributed by atoms with E-state index in [-0.39, 0.29) is 12.3 Å². The second kappa shape index (κ2) is 11.5. The third-order valence-electron chi connectivity index (χ3n) is 5.41. The molecule has 1 aliphatic rings. The van der Waals surface area contributed by atoms with Crippen LogP contribution in [-0.4, -0.2) is 71.2 Å². The SMILES string of the molecule is COc1ccc(OC)c(CN(CCCN2CCOCC2)S(=O)(=O)Cc2ccccc2)c1. The lowest BCUT2D eigenvalue weighted by molar-refractivity contribution is 0.0368. The van der Waals surface area contributed by atoms with E-state index in [1.807, 2.05) is 48.5 Å². The summed E-state index contributed by atoms with van der Waals surface area (Å²) < 4.78 is 44.5. The molecule has 3 rings (SSSR count). The maximum Gasteiger partial charge on any atom is 0.218 e. The van der Waals surface area contributed by atoms with E-state index in [2.05, 4.69) is 4.90 Å². The van der Waals surface area contributed by atoms with E-state index in [1.54, 1.807) is 18.5 Å². The summed E-state index contributed by atoms with van der Waals surface area (Å²) in [5, 5.41) is 0. The summed E-state index contributed by atoms with van der Waals surface area (Å²) in [5.41, 5.74) is 1.56. The average molecular weight is 449 g/mol. The van der Waals surface area contributed by atoms with Crippen LogP contribution in [0.25, 0.3) is 0 Å². The fourth-order valence-electron chi connectivity index (χ4n) is 3.68. The van der Waals surface area contributed by atoms with Crippen molar-refractivity contribution < 1.29 is 22.6 Å². The molecule has 0 atom stereocenters. The number of methoxy groups -OCH3 is 2. The third-order valence-corrected chi connectivity index (χ3v) is 7.20. The molecule has 31 heavy (non-hydrogen) atoms. The van der Waals surface area contributed by atoms with Crippen molar-refractivity contribution in [3.8, 4) is 11.5 Å². The fraction of sp³-hybridized carbons (Fsp3) is 0.478. The molecule has 170 valence electrons. The van der Waals surface area contributed by atoms with Gasteiger partial charge in [-0.05, 0) is 36.7 Å². The molecule has 0 amide bonds. The van der Waals surface area contributed by atoms with Gasteiger partial charge >= 0.3 is 0 Å². The quantitative estimate of drug-likeness (QED) is 0.527. The van der Waals surface area contributed by atoms with Gasteiger partial charge in [0.1, 0.15) is 11.5 Å². The van der Waals surface area contributed by atoms with Crippen LogP contribution < -0.4 is 9.47 Å². The van der Waals surface area contributed by atoms with Gasteiger partial charge in [-0.2, -0.15) is 4.31 Å². The first kappa shape index (κ1) is 23.5. The molecule has 0 bridgehead atoms. The Kier molecular flexibility index (Phi) is 8.71. The second-order valence-electron chi connectivity index (χ2n) is 7.56. The van der Waals surface area contributed by atoms with Crippen LogP contribution in [0.5, 0.6) is 11.5 Å². The molecule has 0 saturated carbocycles. The Morgan fingerprint density at radius 2 is 1.77 bits per heavy atom. The van der Waals surface area contributed by atoms with Crippen molar-refractivity contribution in [2.45, 2.75) is 18.7 Å². The van der Waals surface area contributed by atoms with Crippen LogP contribution >= 0.6 is 0 Å². The van der Waals surface area contributed by atoms with Gasteiger partial charge in [0.2, 0.25) is 10.0 Å². The van der Waals surface area contributed by atoms with Crippen LogP contribution in [0.3, 0.4) is 0 Å². The summed E-state index contributed by atoms with van der Waals surface area (Å²) >= 11 is 0. The van der Waals surface area contributed by atoms with Crippen LogP contribution in [0.4, 0.5) is 0 Å². The highest BCUT2D eigenvalue weighted by Crippen LogP contribution is 2.27. The van der Waals surface area contributed by atoms with Gasteiger partial charge in [-0.15, -0.1) is 0 Å². The zero-order valence-corrected chi connectivity index (χ0v) is 19.1. The standard InChI is InChI=1S/C23H32N2O5S/c1-28-22-9-10-23(29-2)21(17-22)18-25(12-6-11-24-13-15-30-16-14-24)31(26,27)19-20-7-4-3-5-8-20/h3-5,7-10,17H,6,11-16,18-19H2,1-2H3. The van der Waals surface area contributed by atoms with Crippen LogP contribution in [0.2, 0.25) is 0 Å². The van der Waals surface area contributed by atoms with Crippen molar-refractivity contribution >= 4 is 10.0 Å². The van der Waals surface area contributed by atoms with Crippen LogP contribution in [0.15, 0.2) is 48.5 Å². The van der Waals surface area contributed by atoms with E-state index < -0.39 is 10.0 Å². The number of morpholine rings is 1. The van der Waals surface area contributed by atoms with E-state index >= 15 is 0 Å². The Morgan fingerprint density at radius 1 is 1.03 bits per heavy atom. The molecule has 0 spiro atoms. The van der Waals surface area contributed by atoms with Crippen molar-refractivity contribution in [1.29, 1.82) is 0 Å². The monoisotopic (exact) mass is 448 g/mol. The van der Waals surface area contributed by atoms with Crippen molar-refractivity contribution in [2.24, 2.45) is 0 Å². The molecular formula is C23H32N2O5S. The highest BCUT2D eigenvalue weighted by Gasteiger charge is 2.24. The lowest BCUT2D eigenvalue weighted by atomic mass is 10.2. The van der Waals surface area contributed by atoms with Gasteiger partial charge < -0.3 is 14.2 Å². The molecule has 1 fully saturated rings. The maximum absolute atomic E-state index is 13.4. The smallest absolute Gasteiger partial charge is 0.218 e. The topological polar surface area (TPSA) is 68.3 Å². The summed E-state index contributed by atoms with van der Waals surface area (Å²) in [7, 11) is -0.342. The molecule has 1 heterocycles.